The van der Waals surface area contributed by atoms with Gasteiger partial charge in [-0.1, -0.05) is 0 Å². The van der Waals surface area contributed by atoms with Crippen molar-refractivity contribution in [1.29, 1.82) is 0 Å². The van der Waals surface area contributed by atoms with Gasteiger partial charge in [-0.2, -0.15) is 13.2 Å². The van der Waals surface area contributed by atoms with Gasteiger partial charge >= 0.3 is 12.1 Å². The lowest BCUT2D eigenvalue weighted by atomic mass is 9.93. The highest BCUT2D eigenvalue weighted by atomic mass is 19.4. The topological polar surface area (TPSA) is 42.2 Å². The van der Waals surface area contributed by atoms with Crippen LogP contribution in [0.4, 0.5) is 22.0 Å². The summed E-state index contributed by atoms with van der Waals surface area (Å²) in [7, 11) is 0. The van der Waals surface area contributed by atoms with Gasteiger partial charge in [0.25, 0.3) is 5.92 Å². The number of hydrogen-bond acceptors (Lipinski definition) is 4. The molecule has 1 saturated carbocycles. The highest BCUT2D eigenvalue weighted by molar-refractivity contribution is 5.11. The van der Waals surface area contributed by atoms with Crippen LogP contribution in [0, 0.1) is 5.41 Å². The molecule has 0 bridgehead atoms. The Morgan fingerprint density at radius 3 is 2.20 bits per heavy atom. The summed E-state index contributed by atoms with van der Waals surface area (Å²) in [5, 5.41) is 6.26. The Kier molecular flexibility index (Phi) is 2.83. The summed E-state index contributed by atoms with van der Waals surface area (Å²) in [5.74, 6) is -4.10. The lowest BCUT2D eigenvalue weighted by molar-refractivity contribution is -0.157. The number of halogens is 5. The fraction of sp³-hybridized carbons (Fsp3) is 0.818. The molecule has 0 radical (unpaired) electrons. The average molecular weight is 297 g/mol. The standard InChI is InChI=1S/C11H12F5N3O/c12-10(13)6-9(10)1-3-19(4-2-9)5-7-17-18-8(20-7)11(14,15)16/h1-6H2. The number of alkyl halides is 5. The van der Waals surface area contributed by atoms with Crippen LogP contribution in [-0.2, 0) is 12.7 Å². The molecule has 3 rings (SSSR count). The van der Waals surface area contributed by atoms with Gasteiger partial charge in [-0.15, -0.1) is 10.2 Å². The van der Waals surface area contributed by atoms with E-state index in [1.54, 1.807) is 4.90 Å². The van der Waals surface area contributed by atoms with E-state index in [0.29, 0.717) is 25.9 Å². The molecule has 4 nitrogen and oxygen atoms in total. The van der Waals surface area contributed by atoms with Crippen LogP contribution < -0.4 is 0 Å². The summed E-state index contributed by atoms with van der Waals surface area (Å²) >= 11 is 0. The smallest absolute Gasteiger partial charge is 0.416 e. The quantitative estimate of drug-likeness (QED) is 0.787. The summed E-state index contributed by atoms with van der Waals surface area (Å²) in [5.41, 5.74) is -0.879. The van der Waals surface area contributed by atoms with Crippen molar-refractivity contribution in [1.82, 2.24) is 15.1 Å². The van der Waals surface area contributed by atoms with Gasteiger partial charge in [0.1, 0.15) is 0 Å². The van der Waals surface area contributed by atoms with E-state index >= 15 is 0 Å². The highest BCUT2D eigenvalue weighted by Gasteiger charge is 2.70. The number of hydrogen-bond donors (Lipinski definition) is 0. The maximum absolute atomic E-state index is 13.2. The summed E-state index contributed by atoms with van der Waals surface area (Å²) in [4.78, 5) is 1.76. The third-order valence-electron chi connectivity index (χ3n) is 4.09. The molecule has 0 atom stereocenters. The lowest BCUT2D eigenvalue weighted by Gasteiger charge is -2.31. The van der Waals surface area contributed by atoms with Crippen LogP contribution in [0.15, 0.2) is 4.42 Å². The van der Waals surface area contributed by atoms with Crippen molar-refractivity contribution in [3.05, 3.63) is 11.8 Å². The van der Waals surface area contributed by atoms with Crippen LogP contribution in [0.3, 0.4) is 0 Å². The molecule has 1 aliphatic heterocycles. The van der Waals surface area contributed by atoms with Crippen molar-refractivity contribution in [3.63, 3.8) is 0 Å². The van der Waals surface area contributed by atoms with E-state index in [2.05, 4.69) is 14.6 Å². The second-order valence-electron chi connectivity index (χ2n) is 5.44. The molecule has 0 N–H and O–H groups in total. The van der Waals surface area contributed by atoms with Gasteiger partial charge in [-0.3, -0.25) is 4.90 Å². The zero-order valence-electron chi connectivity index (χ0n) is 10.4. The Labute approximate surface area is 110 Å². The maximum atomic E-state index is 13.2. The number of rotatable bonds is 2. The number of nitrogens with zero attached hydrogens (tertiary/aromatic N) is 3. The van der Waals surface area contributed by atoms with Gasteiger partial charge in [-0.25, -0.2) is 8.78 Å². The molecule has 1 saturated heterocycles. The van der Waals surface area contributed by atoms with Crippen LogP contribution in [0.5, 0.6) is 0 Å². The zero-order chi connectivity index (χ0) is 14.6. The van der Waals surface area contributed by atoms with Gasteiger partial charge < -0.3 is 4.42 Å². The lowest BCUT2D eigenvalue weighted by Crippen LogP contribution is -2.36. The molecule has 112 valence electrons. The second kappa shape index (κ2) is 4.12. The van der Waals surface area contributed by atoms with Crippen molar-refractivity contribution >= 4 is 0 Å². The minimum atomic E-state index is -4.66. The third-order valence-corrected chi connectivity index (χ3v) is 4.09. The molecule has 1 aromatic heterocycles. The largest absolute Gasteiger partial charge is 0.470 e. The highest BCUT2D eigenvalue weighted by Crippen LogP contribution is 2.65. The molecule has 1 aromatic rings. The molecule has 20 heavy (non-hydrogen) atoms. The van der Waals surface area contributed by atoms with Crippen molar-refractivity contribution in [2.24, 2.45) is 5.41 Å². The predicted octanol–water partition coefficient (Wildman–Crippen LogP) is 2.71. The summed E-state index contributed by atoms with van der Waals surface area (Å²) in [6.45, 7) is 0.864. The fourth-order valence-corrected chi connectivity index (χ4v) is 2.69. The van der Waals surface area contributed by atoms with Crippen molar-refractivity contribution in [2.45, 2.75) is 37.9 Å². The van der Waals surface area contributed by atoms with Crippen LogP contribution in [0.25, 0.3) is 0 Å². The Balaban J connectivity index is 1.57. The second-order valence-corrected chi connectivity index (χ2v) is 5.44. The maximum Gasteiger partial charge on any atom is 0.470 e. The van der Waals surface area contributed by atoms with Crippen molar-refractivity contribution < 1.29 is 26.4 Å². The average Bonchev–Trinajstić information content (AvgIpc) is 2.73. The Hall–Kier alpha value is -1.25. The molecule has 2 heterocycles. The van der Waals surface area contributed by atoms with Gasteiger partial charge in [0.15, 0.2) is 0 Å². The van der Waals surface area contributed by atoms with Crippen LogP contribution >= 0.6 is 0 Å². The van der Waals surface area contributed by atoms with Crippen molar-refractivity contribution in [2.75, 3.05) is 13.1 Å². The molecular weight excluding hydrogens is 285 g/mol. The van der Waals surface area contributed by atoms with E-state index in [9.17, 15) is 22.0 Å². The third kappa shape index (κ3) is 2.27. The predicted molar refractivity (Wildman–Crippen MR) is 55.8 cm³/mol. The summed E-state index contributed by atoms with van der Waals surface area (Å²) in [6, 6.07) is 0. The molecule has 2 aliphatic rings. The minimum absolute atomic E-state index is 0.0602. The Morgan fingerprint density at radius 1 is 1.15 bits per heavy atom. The normalized spacial score (nSPS) is 25.1. The van der Waals surface area contributed by atoms with E-state index in [-0.39, 0.29) is 18.9 Å². The van der Waals surface area contributed by atoms with E-state index in [0.717, 1.165) is 0 Å². The van der Waals surface area contributed by atoms with Crippen LogP contribution in [0.1, 0.15) is 31.0 Å². The number of likely N-dealkylation sites (tertiary alicyclic amines) is 1. The van der Waals surface area contributed by atoms with Gasteiger partial charge in [0, 0.05) is 11.8 Å². The monoisotopic (exact) mass is 297 g/mol. The van der Waals surface area contributed by atoms with E-state index in [1.165, 1.54) is 0 Å². The van der Waals surface area contributed by atoms with E-state index < -0.39 is 23.4 Å². The molecule has 0 amide bonds. The first-order valence-corrected chi connectivity index (χ1v) is 6.22. The summed E-state index contributed by atoms with van der Waals surface area (Å²) in [6.07, 6.45) is -4.04. The number of piperidine rings is 1. The van der Waals surface area contributed by atoms with Gasteiger partial charge in [-0.05, 0) is 25.9 Å². The molecule has 1 spiro atoms. The first-order valence-electron chi connectivity index (χ1n) is 6.22. The van der Waals surface area contributed by atoms with Crippen LogP contribution in [0.2, 0.25) is 0 Å². The molecule has 0 aromatic carbocycles. The Morgan fingerprint density at radius 2 is 1.75 bits per heavy atom. The van der Waals surface area contributed by atoms with Gasteiger partial charge in [0.2, 0.25) is 5.89 Å². The molecule has 9 heteroatoms. The molecule has 1 aliphatic carbocycles. The fourth-order valence-electron chi connectivity index (χ4n) is 2.69. The molecular formula is C11H12F5N3O. The van der Waals surface area contributed by atoms with Gasteiger partial charge in [0.05, 0.1) is 6.54 Å². The summed E-state index contributed by atoms with van der Waals surface area (Å²) < 4.78 is 67.7. The molecule has 0 unspecified atom stereocenters. The van der Waals surface area contributed by atoms with E-state index in [1.807, 2.05) is 0 Å². The zero-order valence-corrected chi connectivity index (χ0v) is 10.4. The minimum Gasteiger partial charge on any atom is -0.416 e. The van der Waals surface area contributed by atoms with Crippen molar-refractivity contribution in [3.8, 4) is 0 Å². The molecule has 2 fully saturated rings. The first-order chi connectivity index (χ1) is 9.22. The van der Waals surface area contributed by atoms with Crippen LogP contribution in [-0.4, -0.2) is 34.1 Å². The first kappa shape index (κ1) is 13.7. The SMILES string of the molecule is FC(F)(F)c1nnc(CN2CCC3(CC2)CC3(F)F)o1. The Bertz CT molecular complexity index is 504. The number of aromatic nitrogens is 2. The van der Waals surface area contributed by atoms with E-state index in [4.69, 9.17) is 0 Å².